The van der Waals surface area contributed by atoms with Crippen molar-refractivity contribution in [1.29, 1.82) is 0 Å². The smallest absolute Gasteiger partial charge is 0.248 e. The molecule has 0 fully saturated rings. The Kier molecular flexibility index (Phi) is 4.69. The van der Waals surface area contributed by atoms with Crippen molar-refractivity contribution < 1.29 is 9.59 Å². The van der Waals surface area contributed by atoms with Crippen LogP contribution in [0.3, 0.4) is 0 Å². The number of hydrogen-bond acceptors (Lipinski definition) is 5. The molecule has 10 heteroatoms. The Balaban J connectivity index is 2.07. The summed E-state index contributed by atoms with van der Waals surface area (Å²) < 4.78 is 1.60. The first-order valence-corrected chi connectivity index (χ1v) is 7.09. The number of amides is 2. The van der Waals surface area contributed by atoms with Crippen LogP contribution in [-0.2, 0) is 9.59 Å². The molecule has 106 valence electrons. The number of pyridine rings is 1. The Morgan fingerprint density at radius 2 is 2.10 bits per heavy atom. The van der Waals surface area contributed by atoms with Crippen LogP contribution in [0.5, 0.6) is 0 Å². The second kappa shape index (κ2) is 6.29. The van der Waals surface area contributed by atoms with Crippen LogP contribution in [0.1, 0.15) is 6.92 Å². The summed E-state index contributed by atoms with van der Waals surface area (Å²) in [4.78, 5) is 22.1. The van der Waals surface area contributed by atoms with Crippen molar-refractivity contribution >= 4 is 52.4 Å². The highest BCUT2D eigenvalue weighted by molar-refractivity contribution is 7.99. The van der Waals surface area contributed by atoms with Crippen molar-refractivity contribution in [2.24, 2.45) is 0 Å². The normalized spacial score (nSPS) is 10.6. The van der Waals surface area contributed by atoms with Crippen molar-refractivity contribution in [2.45, 2.75) is 12.1 Å². The van der Waals surface area contributed by atoms with E-state index < -0.39 is 0 Å². The van der Waals surface area contributed by atoms with Gasteiger partial charge in [0, 0.05) is 13.1 Å². The van der Waals surface area contributed by atoms with Crippen molar-refractivity contribution in [3.8, 4) is 0 Å². The molecule has 2 aromatic rings. The molecule has 0 unspecified atom stereocenters. The van der Waals surface area contributed by atoms with Gasteiger partial charge in [-0.3, -0.25) is 24.8 Å². The number of halogens is 2. The molecule has 0 bridgehead atoms. The molecule has 0 radical (unpaired) electrons. The molecular formula is C10H9Cl2N5O2S. The van der Waals surface area contributed by atoms with E-state index in [1.165, 1.54) is 6.92 Å². The molecule has 7 nitrogen and oxygen atoms in total. The Hall–Kier alpha value is -1.51. The molecule has 2 heterocycles. The minimum Gasteiger partial charge on any atom is -0.275 e. The highest BCUT2D eigenvalue weighted by Crippen LogP contribution is 2.24. The topological polar surface area (TPSA) is 88.4 Å². The molecule has 0 spiro atoms. The van der Waals surface area contributed by atoms with Crippen LogP contribution >= 0.6 is 35.0 Å². The van der Waals surface area contributed by atoms with Crippen molar-refractivity contribution in [3.63, 3.8) is 0 Å². The van der Waals surface area contributed by atoms with Crippen LogP contribution in [-0.4, -0.2) is 32.2 Å². The fraction of sp³-hybridized carbons (Fsp3) is 0.200. The zero-order valence-corrected chi connectivity index (χ0v) is 12.5. The Morgan fingerprint density at radius 1 is 1.35 bits per heavy atom. The summed E-state index contributed by atoms with van der Waals surface area (Å²) >= 11 is 13.0. The summed E-state index contributed by atoms with van der Waals surface area (Å²) in [5, 5.41) is 9.13. The first kappa shape index (κ1) is 14.9. The standard InChI is InChI=1S/C10H9Cl2N5O2S/c1-5(18)13-14-8(19)4-20-10-16-15-9-7(12)2-6(11)3-17(9)10/h2-3H,4H2,1H3,(H,13,18)(H,14,19). The molecule has 2 aromatic heterocycles. The minimum atomic E-state index is -0.366. The number of hydrazine groups is 1. The summed E-state index contributed by atoms with van der Waals surface area (Å²) in [6, 6.07) is 1.56. The number of carbonyl (C=O) groups excluding carboxylic acids is 2. The lowest BCUT2D eigenvalue weighted by molar-refractivity contribution is -0.126. The van der Waals surface area contributed by atoms with Crippen LogP contribution in [0.15, 0.2) is 17.4 Å². The van der Waals surface area contributed by atoms with E-state index in [1.54, 1.807) is 16.7 Å². The fourth-order valence-corrected chi connectivity index (χ4v) is 2.54. The predicted octanol–water partition coefficient (Wildman–Crippen LogP) is 1.30. The van der Waals surface area contributed by atoms with Crippen LogP contribution in [0.2, 0.25) is 10.0 Å². The second-order valence-corrected chi connectivity index (χ2v) is 5.49. The van der Waals surface area contributed by atoms with Gasteiger partial charge >= 0.3 is 0 Å². The molecule has 2 N–H and O–H groups in total. The quantitative estimate of drug-likeness (QED) is 0.652. The molecule has 0 aliphatic heterocycles. The van der Waals surface area contributed by atoms with Crippen LogP contribution < -0.4 is 10.9 Å². The lowest BCUT2D eigenvalue weighted by Gasteiger charge is -2.04. The Bertz CT molecular complexity index is 675. The second-order valence-electron chi connectivity index (χ2n) is 3.70. The maximum absolute atomic E-state index is 11.5. The maximum atomic E-state index is 11.5. The number of rotatable bonds is 3. The van der Waals surface area contributed by atoms with Gasteiger partial charge in [0.05, 0.1) is 15.8 Å². The molecular weight excluding hydrogens is 325 g/mol. The summed E-state index contributed by atoms with van der Waals surface area (Å²) in [5.41, 5.74) is 4.90. The van der Waals surface area contributed by atoms with E-state index in [0.29, 0.717) is 20.8 Å². The number of fused-ring (bicyclic) bond motifs is 1. The minimum absolute atomic E-state index is 0.0607. The Morgan fingerprint density at radius 3 is 2.80 bits per heavy atom. The third kappa shape index (κ3) is 3.53. The van der Waals surface area contributed by atoms with E-state index >= 15 is 0 Å². The number of hydrogen-bond donors (Lipinski definition) is 2. The van der Waals surface area contributed by atoms with Crippen molar-refractivity contribution in [1.82, 2.24) is 25.4 Å². The average molecular weight is 334 g/mol. The zero-order chi connectivity index (χ0) is 14.7. The third-order valence-corrected chi connectivity index (χ3v) is 3.53. The summed E-state index contributed by atoms with van der Waals surface area (Å²) in [7, 11) is 0. The molecule has 0 saturated heterocycles. The van der Waals surface area contributed by atoms with E-state index in [4.69, 9.17) is 23.2 Å². The van der Waals surface area contributed by atoms with E-state index in [9.17, 15) is 9.59 Å². The summed E-state index contributed by atoms with van der Waals surface area (Å²) in [5.74, 6) is -0.657. The monoisotopic (exact) mass is 333 g/mol. The SMILES string of the molecule is CC(=O)NNC(=O)CSc1nnc2c(Cl)cc(Cl)cn12. The third-order valence-electron chi connectivity index (χ3n) is 2.11. The van der Waals surface area contributed by atoms with Gasteiger partial charge in [-0.05, 0) is 6.07 Å². The van der Waals surface area contributed by atoms with Gasteiger partial charge in [0.15, 0.2) is 10.8 Å². The molecule has 0 saturated carbocycles. The molecule has 0 aromatic carbocycles. The van der Waals surface area contributed by atoms with Gasteiger partial charge < -0.3 is 0 Å². The molecule has 0 atom stereocenters. The predicted molar refractivity (Wildman–Crippen MR) is 75.7 cm³/mol. The van der Waals surface area contributed by atoms with Gasteiger partial charge in [-0.25, -0.2) is 0 Å². The highest BCUT2D eigenvalue weighted by Gasteiger charge is 2.12. The lowest BCUT2D eigenvalue weighted by atomic mass is 10.5. The number of carbonyl (C=O) groups is 2. The number of thioether (sulfide) groups is 1. The van der Waals surface area contributed by atoms with E-state index in [-0.39, 0.29) is 17.6 Å². The van der Waals surface area contributed by atoms with Crippen molar-refractivity contribution in [2.75, 3.05) is 5.75 Å². The highest BCUT2D eigenvalue weighted by atomic mass is 35.5. The number of aromatic nitrogens is 3. The van der Waals surface area contributed by atoms with E-state index in [2.05, 4.69) is 21.0 Å². The number of nitrogens with one attached hydrogen (secondary N) is 2. The van der Waals surface area contributed by atoms with Gasteiger partial charge in [-0.2, -0.15) is 0 Å². The van der Waals surface area contributed by atoms with Crippen LogP contribution in [0.4, 0.5) is 0 Å². The largest absolute Gasteiger partial charge is 0.275 e. The first-order valence-electron chi connectivity index (χ1n) is 5.35. The summed E-state index contributed by atoms with van der Waals surface area (Å²) in [6.45, 7) is 1.30. The van der Waals surface area contributed by atoms with Gasteiger partial charge in [-0.1, -0.05) is 35.0 Å². The lowest BCUT2D eigenvalue weighted by Crippen LogP contribution is -2.41. The van der Waals surface area contributed by atoms with Gasteiger partial charge in [-0.15, -0.1) is 10.2 Å². The molecule has 2 amide bonds. The van der Waals surface area contributed by atoms with Gasteiger partial charge in [0.1, 0.15) is 0 Å². The van der Waals surface area contributed by atoms with Crippen molar-refractivity contribution in [3.05, 3.63) is 22.3 Å². The van der Waals surface area contributed by atoms with Crippen LogP contribution in [0.25, 0.3) is 5.65 Å². The first-order chi connectivity index (χ1) is 9.47. The molecule has 0 aliphatic carbocycles. The van der Waals surface area contributed by atoms with E-state index in [1.807, 2.05) is 0 Å². The fourth-order valence-electron chi connectivity index (χ4n) is 1.32. The Labute approximate surface area is 128 Å². The number of nitrogens with zero attached hydrogens (tertiary/aromatic N) is 3. The maximum Gasteiger partial charge on any atom is 0.248 e. The summed E-state index contributed by atoms with van der Waals surface area (Å²) in [6.07, 6.45) is 1.61. The molecule has 0 aliphatic rings. The van der Waals surface area contributed by atoms with E-state index in [0.717, 1.165) is 11.8 Å². The molecule has 2 rings (SSSR count). The average Bonchev–Trinajstić information content (AvgIpc) is 2.77. The van der Waals surface area contributed by atoms with Crippen LogP contribution in [0, 0.1) is 0 Å². The zero-order valence-electron chi connectivity index (χ0n) is 10.2. The van der Waals surface area contributed by atoms with Gasteiger partial charge in [0.2, 0.25) is 11.8 Å². The van der Waals surface area contributed by atoms with Gasteiger partial charge in [0.25, 0.3) is 0 Å². The molecule has 20 heavy (non-hydrogen) atoms.